The van der Waals surface area contributed by atoms with Gasteiger partial charge >= 0.3 is 0 Å². The predicted molar refractivity (Wildman–Crippen MR) is 130 cm³/mol. The van der Waals surface area contributed by atoms with Gasteiger partial charge in [-0.2, -0.15) is 0 Å². The van der Waals surface area contributed by atoms with E-state index in [9.17, 15) is 9.90 Å². The number of aliphatic hydroxyl groups excluding tert-OH is 2. The number of piperidine rings is 1. The van der Waals surface area contributed by atoms with Crippen molar-refractivity contribution in [2.24, 2.45) is 0 Å². The summed E-state index contributed by atoms with van der Waals surface area (Å²) in [5.74, 6) is 1.46. The Labute approximate surface area is 208 Å². The van der Waals surface area contributed by atoms with E-state index in [1.807, 2.05) is 35.4 Å². The average molecular weight is 499 g/mol. The molecule has 1 amide bonds. The number of halogens is 1. The van der Waals surface area contributed by atoms with Crippen LogP contribution in [0.5, 0.6) is 17.2 Å². The normalized spacial score (nSPS) is 16.7. The van der Waals surface area contributed by atoms with Gasteiger partial charge in [0, 0.05) is 42.7 Å². The lowest BCUT2D eigenvalue weighted by Crippen LogP contribution is -2.50. The molecule has 1 fully saturated rings. The summed E-state index contributed by atoms with van der Waals surface area (Å²) in [5, 5.41) is 19.1. The minimum absolute atomic E-state index is 0.0780. The third-order valence-corrected chi connectivity index (χ3v) is 6.85. The molecule has 5 rings (SSSR count). The minimum atomic E-state index is -0.992. The van der Waals surface area contributed by atoms with Crippen molar-refractivity contribution in [2.75, 3.05) is 33.4 Å². The van der Waals surface area contributed by atoms with E-state index < -0.39 is 18.3 Å². The first-order valence-electron chi connectivity index (χ1n) is 11.5. The van der Waals surface area contributed by atoms with E-state index in [0.29, 0.717) is 48.0 Å². The topological polar surface area (TPSA) is 93.4 Å². The number of benzene rings is 2. The van der Waals surface area contributed by atoms with Crippen LogP contribution in [0, 0.1) is 0 Å². The van der Waals surface area contributed by atoms with Gasteiger partial charge in [-0.15, -0.1) is 0 Å². The maximum absolute atomic E-state index is 13.3. The first-order valence-corrected chi connectivity index (χ1v) is 11.9. The average Bonchev–Trinajstić information content (AvgIpc) is 3.39. The van der Waals surface area contributed by atoms with Crippen molar-refractivity contribution in [3.05, 3.63) is 71.0 Å². The second-order valence-corrected chi connectivity index (χ2v) is 9.21. The number of hydrogen-bond donors (Lipinski definition) is 2. The summed E-state index contributed by atoms with van der Waals surface area (Å²) in [6.07, 6.45) is 2.33. The molecule has 9 heteroatoms. The standard InChI is InChI=1S/C26H27ClN2O6/c1-33-23-13-17(4-6-22(23)34-16-19(31)15-30)25(32)28-11-8-26(9-12-28)24-3-2-10-29(24)20-14-18(27)5-7-21(20)35-26/h2-7,10,13-14,19,30-31H,8-9,11-12,15-16H2,1H3. The highest BCUT2D eigenvalue weighted by Crippen LogP contribution is 2.45. The number of carbonyl (C=O) groups excluding carboxylic acids is 1. The van der Waals surface area contributed by atoms with E-state index in [4.69, 9.17) is 30.9 Å². The second kappa shape index (κ2) is 9.45. The summed E-state index contributed by atoms with van der Waals surface area (Å²) in [7, 11) is 1.49. The SMILES string of the molecule is COc1cc(C(=O)N2CCC3(CC2)Oc2ccc(Cl)cc2-n2cccc23)ccc1OCC(O)CO. The largest absolute Gasteiger partial charge is 0.493 e. The van der Waals surface area contributed by atoms with E-state index >= 15 is 0 Å². The monoisotopic (exact) mass is 498 g/mol. The molecule has 0 aliphatic carbocycles. The van der Waals surface area contributed by atoms with Crippen molar-refractivity contribution >= 4 is 17.5 Å². The van der Waals surface area contributed by atoms with Crippen molar-refractivity contribution in [2.45, 2.75) is 24.5 Å². The Balaban J connectivity index is 1.31. The molecular formula is C26H27ClN2O6. The summed E-state index contributed by atoms with van der Waals surface area (Å²) >= 11 is 6.22. The van der Waals surface area contributed by atoms with Crippen molar-refractivity contribution in [3.8, 4) is 22.9 Å². The first kappa shape index (κ1) is 23.5. The van der Waals surface area contributed by atoms with Crippen LogP contribution in [0.25, 0.3) is 5.69 Å². The summed E-state index contributed by atoms with van der Waals surface area (Å²) in [6, 6.07) is 14.6. The number of aliphatic hydroxyl groups is 2. The van der Waals surface area contributed by atoms with E-state index in [1.165, 1.54) is 7.11 Å². The molecule has 0 saturated carbocycles. The minimum Gasteiger partial charge on any atom is -0.493 e. The first-order chi connectivity index (χ1) is 16.9. The molecular weight excluding hydrogens is 472 g/mol. The molecule has 1 unspecified atom stereocenters. The number of carbonyl (C=O) groups is 1. The van der Waals surface area contributed by atoms with Gasteiger partial charge in [-0.05, 0) is 48.5 Å². The lowest BCUT2D eigenvalue weighted by Gasteiger charge is -2.45. The van der Waals surface area contributed by atoms with E-state index in [2.05, 4.69) is 10.6 Å². The van der Waals surface area contributed by atoms with Crippen LogP contribution < -0.4 is 14.2 Å². The number of methoxy groups -OCH3 is 1. The Morgan fingerprint density at radius 1 is 1.17 bits per heavy atom. The highest BCUT2D eigenvalue weighted by molar-refractivity contribution is 6.30. The highest BCUT2D eigenvalue weighted by atomic mass is 35.5. The van der Waals surface area contributed by atoms with E-state index in [1.54, 1.807) is 18.2 Å². The van der Waals surface area contributed by atoms with Gasteiger partial charge in [0.2, 0.25) is 0 Å². The molecule has 35 heavy (non-hydrogen) atoms. The summed E-state index contributed by atoms with van der Waals surface area (Å²) in [5.41, 5.74) is 1.96. The molecule has 8 nitrogen and oxygen atoms in total. The molecule has 0 radical (unpaired) electrons. The van der Waals surface area contributed by atoms with Crippen LogP contribution in [0.4, 0.5) is 0 Å². The van der Waals surface area contributed by atoms with Crippen LogP contribution in [-0.2, 0) is 5.60 Å². The third-order valence-electron chi connectivity index (χ3n) is 6.61. The van der Waals surface area contributed by atoms with Crippen molar-refractivity contribution in [1.29, 1.82) is 0 Å². The zero-order chi connectivity index (χ0) is 24.6. The van der Waals surface area contributed by atoms with Gasteiger partial charge in [0.05, 0.1) is 25.1 Å². The Bertz CT molecular complexity index is 1230. The fraction of sp³-hybridized carbons (Fsp3) is 0.346. The molecule has 2 aliphatic rings. The smallest absolute Gasteiger partial charge is 0.253 e. The lowest BCUT2D eigenvalue weighted by atomic mass is 9.86. The van der Waals surface area contributed by atoms with Crippen molar-refractivity contribution < 1.29 is 29.2 Å². The highest BCUT2D eigenvalue weighted by Gasteiger charge is 2.44. The van der Waals surface area contributed by atoms with Gasteiger partial charge in [-0.3, -0.25) is 4.79 Å². The molecule has 3 aromatic rings. The molecule has 1 atom stereocenters. The number of amides is 1. The van der Waals surface area contributed by atoms with Crippen LogP contribution in [0.2, 0.25) is 5.02 Å². The van der Waals surface area contributed by atoms with E-state index in [0.717, 1.165) is 17.1 Å². The van der Waals surface area contributed by atoms with E-state index in [-0.39, 0.29) is 12.5 Å². The lowest BCUT2D eigenvalue weighted by molar-refractivity contribution is -0.00932. The zero-order valence-corrected chi connectivity index (χ0v) is 20.1. The zero-order valence-electron chi connectivity index (χ0n) is 19.3. The van der Waals surface area contributed by atoms with Crippen LogP contribution in [0.15, 0.2) is 54.7 Å². The molecule has 2 aliphatic heterocycles. The number of fused-ring (bicyclic) bond motifs is 4. The number of ether oxygens (including phenoxy) is 3. The van der Waals surface area contributed by atoms with Gasteiger partial charge in [0.25, 0.3) is 5.91 Å². The maximum Gasteiger partial charge on any atom is 0.253 e. The van der Waals surface area contributed by atoms with Crippen molar-refractivity contribution in [1.82, 2.24) is 9.47 Å². The Kier molecular flexibility index (Phi) is 6.35. The molecule has 0 bridgehead atoms. The Morgan fingerprint density at radius 2 is 1.97 bits per heavy atom. The third kappa shape index (κ3) is 4.33. The van der Waals surface area contributed by atoms with Crippen LogP contribution in [0.1, 0.15) is 28.9 Å². The van der Waals surface area contributed by atoms with Gasteiger partial charge < -0.3 is 33.9 Å². The summed E-state index contributed by atoms with van der Waals surface area (Å²) in [4.78, 5) is 15.1. The van der Waals surface area contributed by atoms with Crippen molar-refractivity contribution in [3.63, 3.8) is 0 Å². The Hall–Kier alpha value is -3.20. The number of likely N-dealkylation sites (tertiary alicyclic amines) is 1. The quantitative estimate of drug-likeness (QED) is 0.541. The number of aromatic nitrogens is 1. The van der Waals surface area contributed by atoms with Gasteiger partial charge in [0.15, 0.2) is 17.1 Å². The van der Waals surface area contributed by atoms with Gasteiger partial charge in [-0.25, -0.2) is 0 Å². The van der Waals surface area contributed by atoms with Crippen LogP contribution >= 0.6 is 11.6 Å². The molecule has 184 valence electrons. The number of nitrogens with zero attached hydrogens (tertiary/aromatic N) is 2. The summed E-state index contributed by atoms with van der Waals surface area (Å²) < 4.78 is 19.6. The number of rotatable bonds is 6. The Morgan fingerprint density at radius 3 is 2.71 bits per heavy atom. The maximum atomic E-state index is 13.3. The molecule has 1 aromatic heterocycles. The fourth-order valence-corrected chi connectivity index (χ4v) is 4.93. The predicted octanol–water partition coefficient (Wildman–Crippen LogP) is 3.40. The molecule has 1 saturated heterocycles. The fourth-order valence-electron chi connectivity index (χ4n) is 4.76. The molecule has 3 heterocycles. The summed E-state index contributed by atoms with van der Waals surface area (Å²) in [6.45, 7) is 0.598. The van der Waals surface area contributed by atoms with Crippen LogP contribution in [0.3, 0.4) is 0 Å². The van der Waals surface area contributed by atoms with Gasteiger partial charge in [-0.1, -0.05) is 11.6 Å². The molecule has 2 N–H and O–H groups in total. The van der Waals surface area contributed by atoms with Crippen LogP contribution in [-0.4, -0.2) is 65.1 Å². The molecule has 1 spiro atoms. The van der Waals surface area contributed by atoms with Gasteiger partial charge in [0.1, 0.15) is 18.5 Å². The second-order valence-electron chi connectivity index (χ2n) is 8.78. The number of hydrogen-bond acceptors (Lipinski definition) is 6. The molecule has 2 aromatic carbocycles.